The van der Waals surface area contributed by atoms with E-state index in [-0.39, 0.29) is 17.5 Å². The second-order valence-corrected chi connectivity index (χ2v) is 4.07. The largest absolute Gasteiger partial charge is 0.469 e. The molecule has 74 valence electrons. The highest BCUT2D eigenvalue weighted by Gasteiger charge is 2.39. The Morgan fingerprint density at radius 2 is 2.31 bits per heavy atom. The Bertz CT molecular complexity index is 241. The van der Waals surface area contributed by atoms with Crippen molar-refractivity contribution in [3.63, 3.8) is 0 Å². The van der Waals surface area contributed by atoms with Crippen molar-refractivity contribution < 1.29 is 14.3 Å². The van der Waals surface area contributed by atoms with Gasteiger partial charge in [-0.3, -0.25) is 4.79 Å². The highest BCUT2D eigenvalue weighted by atomic mass is 16.7. The average molecular weight is 184 g/mol. The lowest BCUT2D eigenvalue weighted by Crippen LogP contribution is -2.25. The molecule has 1 rings (SSSR count). The van der Waals surface area contributed by atoms with Gasteiger partial charge < -0.3 is 9.47 Å². The maximum absolute atomic E-state index is 10.8. The fourth-order valence-electron chi connectivity index (χ4n) is 1.55. The molecule has 3 nitrogen and oxygen atoms in total. The molecular formula is C10H16O3. The Kier molecular flexibility index (Phi) is 2.76. The van der Waals surface area contributed by atoms with Crippen molar-refractivity contribution >= 4 is 5.78 Å². The van der Waals surface area contributed by atoms with E-state index in [1.54, 1.807) is 7.11 Å². The third-order valence-corrected chi connectivity index (χ3v) is 2.10. The number of carbonyl (C=O) groups excluding carboxylic acids is 1. The molecule has 3 heteroatoms. The van der Waals surface area contributed by atoms with Gasteiger partial charge in [-0.05, 0) is 6.92 Å². The van der Waals surface area contributed by atoms with Gasteiger partial charge in [0.05, 0.1) is 0 Å². The zero-order chi connectivity index (χ0) is 10.1. The van der Waals surface area contributed by atoms with E-state index in [1.807, 2.05) is 0 Å². The number of methoxy groups -OCH3 is 1. The molecule has 0 N–H and O–H groups in total. The molecule has 0 aromatic heterocycles. The minimum atomic E-state index is -0.238. The summed E-state index contributed by atoms with van der Waals surface area (Å²) in [4.78, 5) is 10.8. The zero-order valence-electron chi connectivity index (χ0n) is 8.59. The smallest absolute Gasteiger partial charge is 0.204 e. The van der Waals surface area contributed by atoms with E-state index >= 15 is 0 Å². The van der Waals surface area contributed by atoms with Gasteiger partial charge in [0.2, 0.25) is 6.29 Å². The topological polar surface area (TPSA) is 35.5 Å². The molecule has 0 spiro atoms. The van der Waals surface area contributed by atoms with Crippen molar-refractivity contribution in [3.8, 4) is 0 Å². The van der Waals surface area contributed by atoms with Crippen LogP contribution in [-0.2, 0) is 14.3 Å². The summed E-state index contributed by atoms with van der Waals surface area (Å²) in [5.74, 6) is 0.743. The molecule has 1 aliphatic heterocycles. The van der Waals surface area contributed by atoms with Crippen molar-refractivity contribution in [2.24, 2.45) is 5.41 Å². The number of rotatable bonds is 2. The van der Waals surface area contributed by atoms with Gasteiger partial charge in [-0.1, -0.05) is 13.8 Å². The molecule has 13 heavy (non-hydrogen) atoms. The molecule has 1 atom stereocenters. The Balaban J connectivity index is 2.75. The Morgan fingerprint density at radius 1 is 1.69 bits per heavy atom. The number of hydrogen-bond acceptors (Lipinski definition) is 3. The van der Waals surface area contributed by atoms with E-state index in [2.05, 4.69) is 13.8 Å². The summed E-state index contributed by atoms with van der Waals surface area (Å²) >= 11 is 0. The fourth-order valence-corrected chi connectivity index (χ4v) is 1.55. The molecule has 0 aromatic rings. The summed E-state index contributed by atoms with van der Waals surface area (Å²) in [6.45, 7) is 5.63. The second kappa shape index (κ2) is 3.50. The summed E-state index contributed by atoms with van der Waals surface area (Å²) < 4.78 is 10.6. The molecule has 0 bridgehead atoms. The third kappa shape index (κ3) is 2.31. The first kappa shape index (κ1) is 10.3. The number of hydrogen-bond donors (Lipinski definition) is 0. The summed E-state index contributed by atoms with van der Waals surface area (Å²) in [5, 5.41) is 0. The number of ketones is 1. The lowest BCUT2D eigenvalue weighted by Gasteiger charge is -2.21. The molecule has 1 aliphatic rings. The van der Waals surface area contributed by atoms with Gasteiger partial charge >= 0.3 is 0 Å². The highest BCUT2D eigenvalue weighted by Crippen LogP contribution is 2.40. The van der Waals surface area contributed by atoms with Crippen LogP contribution in [0.1, 0.15) is 27.2 Å². The minimum absolute atomic E-state index is 0.0163. The standard InChI is InChI=1S/C10H16O3/c1-7(11)5-8-6-10(2,3)9(12-4)13-8/h5,9H,6H2,1-4H3. The molecule has 0 radical (unpaired) electrons. The van der Waals surface area contributed by atoms with E-state index in [1.165, 1.54) is 13.0 Å². The van der Waals surface area contributed by atoms with Crippen LogP contribution in [0.4, 0.5) is 0 Å². The minimum Gasteiger partial charge on any atom is -0.469 e. The molecule has 0 aromatic carbocycles. The first-order valence-corrected chi connectivity index (χ1v) is 4.36. The maximum Gasteiger partial charge on any atom is 0.204 e. The molecule has 0 saturated carbocycles. The molecule has 1 unspecified atom stereocenters. The molecule has 0 aliphatic carbocycles. The van der Waals surface area contributed by atoms with Crippen molar-refractivity contribution in [2.45, 2.75) is 33.5 Å². The first-order valence-electron chi connectivity index (χ1n) is 4.36. The van der Waals surface area contributed by atoms with Crippen LogP contribution in [0, 0.1) is 5.41 Å². The van der Waals surface area contributed by atoms with Crippen LogP contribution < -0.4 is 0 Å². The van der Waals surface area contributed by atoms with Crippen molar-refractivity contribution in [3.05, 3.63) is 11.8 Å². The van der Waals surface area contributed by atoms with Crippen LogP contribution in [0.3, 0.4) is 0 Å². The van der Waals surface area contributed by atoms with Gasteiger partial charge in [0.1, 0.15) is 5.76 Å². The van der Waals surface area contributed by atoms with Gasteiger partial charge in [-0.2, -0.15) is 0 Å². The van der Waals surface area contributed by atoms with Gasteiger partial charge in [0, 0.05) is 25.0 Å². The molecule has 1 fully saturated rings. The van der Waals surface area contributed by atoms with Crippen LogP contribution in [0.25, 0.3) is 0 Å². The summed E-state index contributed by atoms with van der Waals surface area (Å²) in [6, 6.07) is 0. The van der Waals surface area contributed by atoms with Crippen LogP contribution >= 0.6 is 0 Å². The summed E-state index contributed by atoms with van der Waals surface area (Å²) in [5.41, 5.74) is -0.0456. The maximum atomic E-state index is 10.8. The normalized spacial score (nSPS) is 28.9. The predicted octanol–water partition coefficient (Wildman–Crippen LogP) is 1.88. The number of carbonyl (C=O) groups is 1. The SMILES string of the molecule is COC1OC(=CC(C)=O)CC1(C)C. The molecular weight excluding hydrogens is 168 g/mol. The van der Waals surface area contributed by atoms with Gasteiger partial charge in [0.15, 0.2) is 5.78 Å². The van der Waals surface area contributed by atoms with Gasteiger partial charge in [-0.15, -0.1) is 0 Å². The quantitative estimate of drug-likeness (QED) is 0.615. The monoisotopic (exact) mass is 184 g/mol. The van der Waals surface area contributed by atoms with E-state index < -0.39 is 0 Å². The van der Waals surface area contributed by atoms with Crippen LogP contribution in [0.5, 0.6) is 0 Å². The van der Waals surface area contributed by atoms with E-state index in [9.17, 15) is 4.79 Å². The molecule has 1 heterocycles. The van der Waals surface area contributed by atoms with E-state index in [0.717, 1.165) is 12.2 Å². The lowest BCUT2D eigenvalue weighted by atomic mass is 9.90. The number of ether oxygens (including phenoxy) is 2. The third-order valence-electron chi connectivity index (χ3n) is 2.10. The van der Waals surface area contributed by atoms with Crippen LogP contribution in [0.2, 0.25) is 0 Å². The van der Waals surface area contributed by atoms with Crippen molar-refractivity contribution in [1.82, 2.24) is 0 Å². The van der Waals surface area contributed by atoms with Crippen molar-refractivity contribution in [1.29, 1.82) is 0 Å². The van der Waals surface area contributed by atoms with Crippen molar-refractivity contribution in [2.75, 3.05) is 7.11 Å². The van der Waals surface area contributed by atoms with E-state index in [0.29, 0.717) is 0 Å². The Hall–Kier alpha value is -0.830. The van der Waals surface area contributed by atoms with E-state index in [4.69, 9.17) is 9.47 Å². The first-order chi connectivity index (χ1) is 5.95. The van der Waals surface area contributed by atoms with Gasteiger partial charge in [-0.25, -0.2) is 0 Å². The Labute approximate surface area is 78.7 Å². The van der Waals surface area contributed by atoms with Gasteiger partial charge in [0.25, 0.3) is 0 Å². The summed E-state index contributed by atoms with van der Waals surface area (Å²) in [6.07, 6.45) is 2.05. The predicted molar refractivity (Wildman–Crippen MR) is 49.0 cm³/mol. The average Bonchev–Trinajstić information content (AvgIpc) is 2.23. The Morgan fingerprint density at radius 3 is 2.69 bits per heavy atom. The zero-order valence-corrected chi connectivity index (χ0v) is 8.59. The fraction of sp³-hybridized carbons (Fsp3) is 0.700. The molecule has 0 amide bonds. The van der Waals surface area contributed by atoms with Crippen LogP contribution in [-0.4, -0.2) is 19.2 Å². The second-order valence-electron chi connectivity index (χ2n) is 4.07. The molecule has 1 saturated heterocycles. The highest BCUT2D eigenvalue weighted by molar-refractivity contribution is 5.87. The van der Waals surface area contributed by atoms with Crippen LogP contribution in [0.15, 0.2) is 11.8 Å². The number of allylic oxidation sites excluding steroid dienone is 2. The lowest BCUT2D eigenvalue weighted by molar-refractivity contribution is -0.120. The summed E-state index contributed by atoms with van der Waals surface area (Å²) in [7, 11) is 1.61.